The van der Waals surface area contributed by atoms with Crippen molar-refractivity contribution in [3.63, 3.8) is 0 Å². The van der Waals surface area contributed by atoms with Crippen molar-refractivity contribution >= 4 is 5.65 Å². The fourth-order valence-corrected chi connectivity index (χ4v) is 2.20. The van der Waals surface area contributed by atoms with E-state index in [0.29, 0.717) is 0 Å². The number of rotatable bonds is 4. The summed E-state index contributed by atoms with van der Waals surface area (Å²) >= 11 is 0. The van der Waals surface area contributed by atoms with Gasteiger partial charge in [0.05, 0.1) is 12.0 Å². The number of imidazole rings is 1. The van der Waals surface area contributed by atoms with Gasteiger partial charge in [0.15, 0.2) is 0 Å². The Morgan fingerprint density at radius 3 is 2.84 bits per heavy atom. The second kappa shape index (κ2) is 4.90. The summed E-state index contributed by atoms with van der Waals surface area (Å²) < 4.78 is 7.38. The van der Waals surface area contributed by atoms with Gasteiger partial charge in [-0.3, -0.25) is 0 Å². The van der Waals surface area contributed by atoms with E-state index in [-0.39, 0.29) is 0 Å². The molecule has 0 aliphatic heterocycles. The van der Waals surface area contributed by atoms with E-state index >= 15 is 0 Å². The highest BCUT2D eigenvalue weighted by Gasteiger charge is 2.04. The van der Waals surface area contributed by atoms with Crippen LogP contribution in [0.25, 0.3) is 5.65 Å². The molecule has 0 bridgehead atoms. The molecule has 0 aliphatic rings. The van der Waals surface area contributed by atoms with Crippen LogP contribution in [0.3, 0.4) is 0 Å². The van der Waals surface area contributed by atoms with E-state index in [1.54, 1.807) is 6.26 Å². The van der Waals surface area contributed by atoms with Crippen LogP contribution in [-0.2, 0) is 13.1 Å². The van der Waals surface area contributed by atoms with E-state index in [4.69, 9.17) is 4.42 Å². The number of pyridine rings is 1. The van der Waals surface area contributed by atoms with E-state index < -0.39 is 0 Å². The summed E-state index contributed by atoms with van der Waals surface area (Å²) in [5, 5.41) is 3.39. The van der Waals surface area contributed by atoms with E-state index in [0.717, 1.165) is 30.2 Å². The van der Waals surface area contributed by atoms with Gasteiger partial charge in [-0.05, 0) is 32.0 Å². The van der Waals surface area contributed by atoms with Gasteiger partial charge >= 0.3 is 0 Å². The SMILES string of the molecule is Cc1occc1CNCc1cn2c(C)cccc2n1. The van der Waals surface area contributed by atoms with Crippen LogP contribution >= 0.6 is 0 Å². The van der Waals surface area contributed by atoms with Gasteiger partial charge in [0.2, 0.25) is 0 Å². The third kappa shape index (κ3) is 2.39. The van der Waals surface area contributed by atoms with Gasteiger partial charge in [0.1, 0.15) is 11.4 Å². The second-order valence-electron chi connectivity index (χ2n) is 4.73. The van der Waals surface area contributed by atoms with Gasteiger partial charge in [-0.15, -0.1) is 0 Å². The van der Waals surface area contributed by atoms with Gasteiger partial charge in [0.25, 0.3) is 0 Å². The topological polar surface area (TPSA) is 42.5 Å². The molecule has 0 unspecified atom stereocenters. The highest BCUT2D eigenvalue weighted by molar-refractivity contribution is 5.41. The lowest BCUT2D eigenvalue weighted by atomic mass is 10.2. The zero-order valence-electron chi connectivity index (χ0n) is 11.2. The number of nitrogens with one attached hydrogen (secondary N) is 1. The quantitative estimate of drug-likeness (QED) is 0.779. The van der Waals surface area contributed by atoms with Crippen LogP contribution in [0, 0.1) is 13.8 Å². The van der Waals surface area contributed by atoms with Crippen molar-refractivity contribution in [2.24, 2.45) is 0 Å². The molecular weight excluding hydrogens is 238 g/mol. The number of hydrogen-bond donors (Lipinski definition) is 1. The summed E-state index contributed by atoms with van der Waals surface area (Å²) in [6.07, 6.45) is 3.81. The molecule has 0 saturated carbocycles. The standard InChI is InChI=1S/C15H17N3O/c1-11-4-3-5-15-17-14(10-18(11)15)9-16-8-13-6-7-19-12(13)2/h3-7,10,16H,8-9H2,1-2H3. The molecule has 3 rings (SSSR count). The maximum Gasteiger partial charge on any atom is 0.137 e. The van der Waals surface area contributed by atoms with E-state index in [9.17, 15) is 0 Å². The molecule has 0 aliphatic carbocycles. The van der Waals surface area contributed by atoms with Crippen molar-refractivity contribution in [2.45, 2.75) is 26.9 Å². The predicted molar refractivity (Wildman–Crippen MR) is 73.9 cm³/mol. The maximum atomic E-state index is 5.27. The van der Waals surface area contributed by atoms with Gasteiger partial charge in [-0.25, -0.2) is 4.98 Å². The summed E-state index contributed by atoms with van der Waals surface area (Å²) in [6, 6.07) is 8.14. The molecule has 0 saturated heterocycles. The van der Waals surface area contributed by atoms with Crippen molar-refractivity contribution in [2.75, 3.05) is 0 Å². The monoisotopic (exact) mass is 255 g/mol. The van der Waals surface area contributed by atoms with Crippen LogP contribution < -0.4 is 5.32 Å². The van der Waals surface area contributed by atoms with Gasteiger partial charge in [0, 0.05) is 30.5 Å². The van der Waals surface area contributed by atoms with Crippen LogP contribution in [0.1, 0.15) is 22.7 Å². The Hall–Kier alpha value is -2.07. The number of hydrogen-bond acceptors (Lipinski definition) is 3. The molecule has 0 aromatic carbocycles. The molecule has 3 aromatic rings. The maximum absolute atomic E-state index is 5.27. The van der Waals surface area contributed by atoms with Crippen LogP contribution in [0.4, 0.5) is 0 Å². The molecule has 3 aromatic heterocycles. The van der Waals surface area contributed by atoms with Crippen molar-refractivity contribution in [3.05, 3.63) is 59.4 Å². The van der Waals surface area contributed by atoms with Crippen LogP contribution in [0.2, 0.25) is 0 Å². The molecule has 0 amide bonds. The molecule has 98 valence electrons. The molecule has 4 nitrogen and oxygen atoms in total. The van der Waals surface area contributed by atoms with Crippen molar-refractivity contribution in [1.82, 2.24) is 14.7 Å². The highest BCUT2D eigenvalue weighted by atomic mass is 16.3. The Bertz CT molecular complexity index is 696. The van der Waals surface area contributed by atoms with Crippen molar-refractivity contribution < 1.29 is 4.42 Å². The molecular formula is C15H17N3O. The van der Waals surface area contributed by atoms with E-state index in [1.165, 1.54) is 11.3 Å². The smallest absolute Gasteiger partial charge is 0.137 e. The van der Waals surface area contributed by atoms with Gasteiger partial charge < -0.3 is 14.1 Å². The summed E-state index contributed by atoms with van der Waals surface area (Å²) in [4.78, 5) is 4.59. The third-order valence-electron chi connectivity index (χ3n) is 3.33. The lowest BCUT2D eigenvalue weighted by Crippen LogP contribution is -2.12. The first kappa shape index (κ1) is 12.0. The molecule has 19 heavy (non-hydrogen) atoms. The van der Waals surface area contributed by atoms with Crippen molar-refractivity contribution in [3.8, 4) is 0 Å². The Balaban J connectivity index is 1.69. The minimum Gasteiger partial charge on any atom is -0.469 e. The number of furan rings is 1. The Labute approximate surface area is 112 Å². The zero-order chi connectivity index (χ0) is 13.2. The number of aromatic nitrogens is 2. The van der Waals surface area contributed by atoms with E-state index in [1.807, 2.05) is 25.1 Å². The summed E-state index contributed by atoms with van der Waals surface area (Å²) in [5.74, 6) is 0.971. The predicted octanol–water partition coefficient (Wildman–Crippen LogP) is 2.83. The largest absolute Gasteiger partial charge is 0.469 e. The summed E-state index contributed by atoms with van der Waals surface area (Å²) in [6.45, 7) is 5.62. The Morgan fingerprint density at radius 1 is 1.21 bits per heavy atom. The fourth-order valence-electron chi connectivity index (χ4n) is 2.20. The number of fused-ring (bicyclic) bond motifs is 1. The molecule has 3 heterocycles. The molecule has 0 fully saturated rings. The summed E-state index contributed by atoms with van der Waals surface area (Å²) in [5.41, 5.74) is 4.44. The molecule has 1 N–H and O–H groups in total. The van der Waals surface area contributed by atoms with Crippen LogP contribution in [0.5, 0.6) is 0 Å². The van der Waals surface area contributed by atoms with Crippen LogP contribution in [0.15, 0.2) is 41.1 Å². The van der Waals surface area contributed by atoms with Gasteiger partial charge in [-0.1, -0.05) is 6.07 Å². The molecule has 0 radical (unpaired) electrons. The average Bonchev–Trinajstić information content (AvgIpc) is 2.97. The zero-order valence-corrected chi connectivity index (χ0v) is 11.2. The fraction of sp³-hybridized carbons (Fsp3) is 0.267. The first-order chi connectivity index (χ1) is 9.24. The van der Waals surface area contributed by atoms with E-state index in [2.05, 4.69) is 33.9 Å². The summed E-state index contributed by atoms with van der Waals surface area (Å²) in [7, 11) is 0. The number of nitrogens with zero attached hydrogens (tertiary/aromatic N) is 2. The first-order valence-electron chi connectivity index (χ1n) is 6.41. The van der Waals surface area contributed by atoms with Crippen molar-refractivity contribution in [1.29, 1.82) is 0 Å². The lowest BCUT2D eigenvalue weighted by molar-refractivity contribution is 0.526. The second-order valence-corrected chi connectivity index (χ2v) is 4.73. The Morgan fingerprint density at radius 2 is 2.11 bits per heavy atom. The average molecular weight is 255 g/mol. The van der Waals surface area contributed by atoms with Crippen LogP contribution in [-0.4, -0.2) is 9.38 Å². The highest BCUT2D eigenvalue weighted by Crippen LogP contribution is 2.10. The first-order valence-corrected chi connectivity index (χ1v) is 6.41. The molecule has 0 atom stereocenters. The third-order valence-corrected chi connectivity index (χ3v) is 3.33. The normalized spacial score (nSPS) is 11.3. The number of aryl methyl sites for hydroxylation is 2. The lowest BCUT2D eigenvalue weighted by Gasteiger charge is -2.00. The molecule has 0 spiro atoms. The Kier molecular flexibility index (Phi) is 3.09. The minimum absolute atomic E-state index is 0.756. The van der Waals surface area contributed by atoms with Gasteiger partial charge in [-0.2, -0.15) is 0 Å². The molecule has 4 heteroatoms. The minimum atomic E-state index is 0.756.